The summed E-state index contributed by atoms with van der Waals surface area (Å²) in [4.78, 5) is 27.1. The molecule has 0 N–H and O–H groups in total. The highest BCUT2D eigenvalue weighted by molar-refractivity contribution is 6.43. The number of ketones is 1. The molecule has 3 rings (SSSR count). The standard InChI is InChI=1S/C19H23N3O2/c1-13-8-7-11-21(12-13)19(24)18(23)17-14(2)20-22(15(17)3)16-9-5-4-6-10-16/h4-6,9-10,13H,7-8,11-12H2,1-3H3/t13-/m1/s1. The van der Waals surface area contributed by atoms with Gasteiger partial charge in [-0.3, -0.25) is 9.59 Å². The van der Waals surface area contributed by atoms with Crippen LogP contribution in [0.5, 0.6) is 0 Å². The van der Waals surface area contributed by atoms with Gasteiger partial charge >= 0.3 is 0 Å². The van der Waals surface area contributed by atoms with Crippen LogP contribution in [-0.2, 0) is 4.79 Å². The third kappa shape index (κ3) is 2.98. The molecule has 1 aromatic carbocycles. The van der Waals surface area contributed by atoms with Gasteiger partial charge in [0.05, 0.1) is 22.6 Å². The van der Waals surface area contributed by atoms with E-state index in [4.69, 9.17) is 0 Å². The van der Waals surface area contributed by atoms with Crippen molar-refractivity contribution in [1.29, 1.82) is 0 Å². The minimum atomic E-state index is -0.443. The molecule has 24 heavy (non-hydrogen) atoms. The lowest BCUT2D eigenvalue weighted by atomic mass is 9.99. The van der Waals surface area contributed by atoms with Crippen molar-refractivity contribution in [3.63, 3.8) is 0 Å². The zero-order valence-electron chi connectivity index (χ0n) is 14.5. The summed E-state index contributed by atoms with van der Waals surface area (Å²) in [5.41, 5.74) is 2.63. The maximum atomic E-state index is 12.8. The van der Waals surface area contributed by atoms with E-state index in [0.717, 1.165) is 18.5 Å². The molecule has 0 bridgehead atoms. The van der Waals surface area contributed by atoms with Crippen LogP contribution in [0.15, 0.2) is 30.3 Å². The van der Waals surface area contributed by atoms with Gasteiger partial charge in [0.15, 0.2) is 0 Å². The number of hydrogen-bond donors (Lipinski definition) is 0. The van der Waals surface area contributed by atoms with E-state index in [9.17, 15) is 9.59 Å². The van der Waals surface area contributed by atoms with Crippen molar-refractivity contribution < 1.29 is 9.59 Å². The number of rotatable bonds is 3. The zero-order valence-corrected chi connectivity index (χ0v) is 14.5. The molecule has 0 spiro atoms. The van der Waals surface area contributed by atoms with Gasteiger partial charge < -0.3 is 4.90 Å². The average molecular weight is 325 g/mol. The second kappa shape index (κ2) is 6.59. The average Bonchev–Trinajstić information content (AvgIpc) is 2.89. The van der Waals surface area contributed by atoms with E-state index in [-0.39, 0.29) is 0 Å². The third-order valence-electron chi connectivity index (χ3n) is 4.66. The van der Waals surface area contributed by atoms with Crippen LogP contribution >= 0.6 is 0 Å². The van der Waals surface area contributed by atoms with Crippen LogP contribution in [0.1, 0.15) is 41.5 Å². The molecule has 5 nitrogen and oxygen atoms in total. The Kier molecular flexibility index (Phi) is 4.51. The van der Waals surface area contributed by atoms with Crippen LogP contribution in [0.25, 0.3) is 5.69 Å². The molecule has 1 saturated heterocycles. The number of likely N-dealkylation sites (tertiary alicyclic amines) is 1. The van der Waals surface area contributed by atoms with Gasteiger partial charge in [-0.1, -0.05) is 25.1 Å². The monoisotopic (exact) mass is 325 g/mol. The predicted molar refractivity (Wildman–Crippen MR) is 92.3 cm³/mol. The van der Waals surface area contributed by atoms with Crippen molar-refractivity contribution in [1.82, 2.24) is 14.7 Å². The van der Waals surface area contributed by atoms with E-state index in [1.165, 1.54) is 0 Å². The number of benzene rings is 1. The number of para-hydroxylation sites is 1. The minimum absolute atomic E-state index is 0.402. The van der Waals surface area contributed by atoms with Crippen LogP contribution in [0, 0.1) is 19.8 Å². The molecule has 0 saturated carbocycles. The van der Waals surface area contributed by atoms with Gasteiger partial charge in [0.2, 0.25) is 0 Å². The lowest BCUT2D eigenvalue weighted by molar-refractivity contribution is -0.128. The Morgan fingerprint density at radius 2 is 1.88 bits per heavy atom. The van der Waals surface area contributed by atoms with E-state index in [2.05, 4.69) is 12.0 Å². The summed E-state index contributed by atoms with van der Waals surface area (Å²) in [5.74, 6) is -0.397. The van der Waals surface area contributed by atoms with E-state index < -0.39 is 11.7 Å². The number of amides is 1. The molecular weight excluding hydrogens is 302 g/mol. The maximum absolute atomic E-state index is 12.8. The minimum Gasteiger partial charge on any atom is -0.336 e. The summed E-state index contributed by atoms with van der Waals surface area (Å²) in [5, 5.41) is 4.47. The van der Waals surface area contributed by atoms with E-state index in [0.29, 0.717) is 36.0 Å². The van der Waals surface area contributed by atoms with Gasteiger partial charge in [-0.2, -0.15) is 5.10 Å². The SMILES string of the molecule is Cc1nn(-c2ccccc2)c(C)c1C(=O)C(=O)N1CCC[C@@H](C)C1. The first-order valence-corrected chi connectivity index (χ1v) is 8.44. The van der Waals surface area contributed by atoms with Gasteiger partial charge in [-0.05, 0) is 44.7 Å². The van der Waals surface area contributed by atoms with Crippen molar-refractivity contribution >= 4 is 11.7 Å². The van der Waals surface area contributed by atoms with Crippen molar-refractivity contribution in [3.8, 4) is 5.69 Å². The molecule has 1 aliphatic heterocycles. The van der Waals surface area contributed by atoms with E-state index in [1.807, 2.05) is 37.3 Å². The zero-order chi connectivity index (χ0) is 17.3. The Hall–Kier alpha value is -2.43. The van der Waals surface area contributed by atoms with E-state index in [1.54, 1.807) is 16.5 Å². The molecule has 2 aromatic rings. The molecule has 1 fully saturated rings. The van der Waals surface area contributed by atoms with Gasteiger partial charge in [-0.25, -0.2) is 4.68 Å². The van der Waals surface area contributed by atoms with Crippen molar-refractivity contribution in [2.45, 2.75) is 33.6 Å². The number of Topliss-reactive ketones (excluding diaryl/α,β-unsaturated/α-hetero) is 1. The Balaban J connectivity index is 1.90. The number of carbonyl (C=O) groups is 2. The fraction of sp³-hybridized carbons (Fsp3) is 0.421. The fourth-order valence-corrected chi connectivity index (χ4v) is 3.42. The quantitative estimate of drug-likeness (QED) is 0.644. The molecule has 1 atom stereocenters. The Bertz CT molecular complexity index is 764. The van der Waals surface area contributed by atoms with Crippen molar-refractivity contribution in [2.75, 3.05) is 13.1 Å². The number of nitrogens with zero attached hydrogens (tertiary/aromatic N) is 3. The second-order valence-electron chi connectivity index (χ2n) is 6.62. The summed E-state index contributed by atoms with van der Waals surface area (Å²) in [6.45, 7) is 7.07. The van der Waals surface area contributed by atoms with Crippen LogP contribution in [0.4, 0.5) is 0 Å². The molecule has 0 unspecified atom stereocenters. The molecule has 0 radical (unpaired) electrons. The largest absolute Gasteiger partial charge is 0.336 e. The lowest BCUT2D eigenvalue weighted by Gasteiger charge is -2.30. The van der Waals surface area contributed by atoms with Gasteiger partial charge in [0.1, 0.15) is 0 Å². The van der Waals surface area contributed by atoms with Crippen LogP contribution in [-0.4, -0.2) is 39.5 Å². The van der Waals surface area contributed by atoms with Crippen molar-refractivity contribution in [3.05, 3.63) is 47.3 Å². The lowest BCUT2D eigenvalue weighted by Crippen LogP contribution is -2.43. The second-order valence-corrected chi connectivity index (χ2v) is 6.62. The number of piperidine rings is 1. The molecule has 1 aromatic heterocycles. The smallest absolute Gasteiger partial charge is 0.295 e. The van der Waals surface area contributed by atoms with Gasteiger partial charge in [-0.15, -0.1) is 0 Å². The first-order chi connectivity index (χ1) is 11.5. The number of aryl methyl sites for hydroxylation is 1. The summed E-state index contributed by atoms with van der Waals surface area (Å²) in [7, 11) is 0. The molecule has 1 aliphatic rings. The predicted octanol–water partition coefficient (Wildman–Crippen LogP) is 2.93. The van der Waals surface area contributed by atoms with Crippen LogP contribution < -0.4 is 0 Å². The summed E-state index contributed by atoms with van der Waals surface area (Å²) < 4.78 is 1.73. The molecule has 5 heteroatoms. The summed E-state index contributed by atoms with van der Waals surface area (Å²) in [6, 6.07) is 9.65. The first-order valence-electron chi connectivity index (χ1n) is 8.44. The Labute approximate surface area is 142 Å². The summed E-state index contributed by atoms with van der Waals surface area (Å²) in [6.07, 6.45) is 2.07. The highest BCUT2D eigenvalue weighted by atomic mass is 16.2. The number of carbonyl (C=O) groups excluding carboxylic acids is 2. The first kappa shape index (κ1) is 16.4. The number of aromatic nitrogens is 2. The van der Waals surface area contributed by atoms with Crippen molar-refractivity contribution in [2.24, 2.45) is 5.92 Å². The Morgan fingerprint density at radius 1 is 1.17 bits per heavy atom. The Morgan fingerprint density at radius 3 is 2.54 bits per heavy atom. The highest BCUT2D eigenvalue weighted by Crippen LogP contribution is 2.21. The summed E-state index contributed by atoms with van der Waals surface area (Å²) >= 11 is 0. The fourth-order valence-electron chi connectivity index (χ4n) is 3.42. The molecule has 0 aliphatic carbocycles. The van der Waals surface area contributed by atoms with Crippen LogP contribution in [0.2, 0.25) is 0 Å². The van der Waals surface area contributed by atoms with Crippen LogP contribution in [0.3, 0.4) is 0 Å². The van der Waals surface area contributed by atoms with Gasteiger partial charge in [0, 0.05) is 13.1 Å². The maximum Gasteiger partial charge on any atom is 0.295 e. The molecule has 126 valence electrons. The normalized spacial score (nSPS) is 17.8. The topological polar surface area (TPSA) is 55.2 Å². The molecule has 1 amide bonds. The van der Waals surface area contributed by atoms with Gasteiger partial charge in [0.25, 0.3) is 11.7 Å². The van der Waals surface area contributed by atoms with E-state index >= 15 is 0 Å². The molecule has 2 heterocycles. The number of hydrogen-bond acceptors (Lipinski definition) is 3. The molecular formula is C19H23N3O2. The third-order valence-corrected chi connectivity index (χ3v) is 4.66. The highest BCUT2D eigenvalue weighted by Gasteiger charge is 2.30.